The Morgan fingerprint density at radius 3 is 2.52 bits per heavy atom. The van der Waals surface area contributed by atoms with Crippen LogP contribution in [0.2, 0.25) is 0 Å². The van der Waals surface area contributed by atoms with Gasteiger partial charge in [0.15, 0.2) is 0 Å². The number of aromatic hydroxyl groups is 1. The molecular weight excluding hydrogens is 321 g/mol. The first-order valence-corrected chi connectivity index (χ1v) is 8.31. The Hall–Kier alpha value is -2.66. The summed E-state index contributed by atoms with van der Waals surface area (Å²) in [6.07, 6.45) is 0.679. The Morgan fingerprint density at radius 2 is 1.80 bits per heavy atom. The molecule has 0 fully saturated rings. The summed E-state index contributed by atoms with van der Waals surface area (Å²) in [6, 6.07) is 11.5. The molecule has 2 N–H and O–H groups in total. The van der Waals surface area contributed by atoms with Gasteiger partial charge >= 0.3 is 5.63 Å². The molecule has 0 aliphatic heterocycles. The molecule has 1 aromatic heterocycles. The van der Waals surface area contributed by atoms with Crippen LogP contribution in [0.3, 0.4) is 0 Å². The maximum atomic E-state index is 13.8. The fourth-order valence-corrected chi connectivity index (χ4v) is 3.09. The molecular formula is C20H21FNO3+. The van der Waals surface area contributed by atoms with Gasteiger partial charge in [0.25, 0.3) is 0 Å². The van der Waals surface area contributed by atoms with Crippen LogP contribution in [0.4, 0.5) is 4.39 Å². The molecule has 0 bridgehead atoms. The van der Waals surface area contributed by atoms with Crippen molar-refractivity contribution in [2.24, 2.45) is 0 Å². The topological polar surface area (TPSA) is 54.9 Å². The van der Waals surface area contributed by atoms with Gasteiger partial charge in [-0.1, -0.05) is 25.1 Å². The number of aryl methyl sites for hydroxylation is 1. The van der Waals surface area contributed by atoms with Crippen molar-refractivity contribution in [2.75, 3.05) is 7.05 Å². The highest BCUT2D eigenvalue weighted by atomic mass is 19.1. The van der Waals surface area contributed by atoms with Gasteiger partial charge in [-0.3, -0.25) is 0 Å². The van der Waals surface area contributed by atoms with Crippen molar-refractivity contribution in [2.45, 2.75) is 26.4 Å². The molecule has 130 valence electrons. The minimum atomic E-state index is -0.454. The summed E-state index contributed by atoms with van der Waals surface area (Å²) in [5.74, 6) is -0.0974. The maximum Gasteiger partial charge on any atom is 0.336 e. The van der Waals surface area contributed by atoms with Crippen LogP contribution in [0.15, 0.2) is 51.7 Å². The number of rotatable bonds is 5. The highest BCUT2D eigenvalue weighted by molar-refractivity contribution is 5.82. The molecule has 0 radical (unpaired) electrons. The zero-order chi connectivity index (χ0) is 18.0. The summed E-state index contributed by atoms with van der Waals surface area (Å²) in [4.78, 5) is 12.9. The summed E-state index contributed by atoms with van der Waals surface area (Å²) >= 11 is 0. The van der Waals surface area contributed by atoms with Crippen molar-refractivity contribution in [3.63, 3.8) is 0 Å². The second kappa shape index (κ2) is 7.07. The molecule has 2 aromatic carbocycles. The second-order valence-electron chi connectivity index (χ2n) is 6.32. The monoisotopic (exact) mass is 342 g/mol. The quantitative estimate of drug-likeness (QED) is 0.700. The van der Waals surface area contributed by atoms with E-state index >= 15 is 0 Å². The van der Waals surface area contributed by atoms with Crippen LogP contribution in [-0.4, -0.2) is 12.2 Å². The second-order valence-corrected chi connectivity index (χ2v) is 6.32. The Bertz CT molecular complexity index is 965. The van der Waals surface area contributed by atoms with Crippen LogP contribution >= 0.6 is 0 Å². The summed E-state index contributed by atoms with van der Waals surface area (Å²) in [5, 5.41) is 10.8. The Balaban J connectivity index is 1.95. The summed E-state index contributed by atoms with van der Waals surface area (Å²) < 4.78 is 19.1. The molecule has 0 saturated heterocycles. The lowest BCUT2D eigenvalue weighted by molar-refractivity contribution is -0.907. The van der Waals surface area contributed by atoms with Crippen LogP contribution in [0.25, 0.3) is 11.0 Å². The third-order valence-corrected chi connectivity index (χ3v) is 4.35. The smallest absolute Gasteiger partial charge is 0.336 e. The first-order chi connectivity index (χ1) is 12.0. The van der Waals surface area contributed by atoms with Crippen LogP contribution in [0.1, 0.15) is 23.6 Å². The molecule has 3 rings (SSSR count). The van der Waals surface area contributed by atoms with E-state index in [0.717, 1.165) is 21.4 Å². The number of hydrogen-bond acceptors (Lipinski definition) is 3. The number of phenolic OH excluding ortho intramolecular Hbond substituents is 1. The highest BCUT2D eigenvalue weighted by Crippen LogP contribution is 2.26. The fraction of sp³-hybridized carbons (Fsp3) is 0.250. The average Bonchev–Trinajstić information content (AvgIpc) is 2.56. The van der Waals surface area contributed by atoms with Crippen LogP contribution in [0, 0.1) is 5.82 Å². The molecule has 0 aliphatic carbocycles. The number of benzene rings is 2. The molecule has 5 heteroatoms. The van der Waals surface area contributed by atoms with Gasteiger partial charge in [0.05, 0.1) is 7.05 Å². The third kappa shape index (κ3) is 3.72. The molecule has 1 unspecified atom stereocenters. The van der Waals surface area contributed by atoms with E-state index < -0.39 is 5.63 Å². The van der Waals surface area contributed by atoms with E-state index in [2.05, 4.69) is 0 Å². The molecule has 1 heterocycles. The first-order valence-electron chi connectivity index (χ1n) is 8.31. The van der Waals surface area contributed by atoms with E-state index in [9.17, 15) is 14.3 Å². The van der Waals surface area contributed by atoms with Crippen molar-refractivity contribution < 1.29 is 18.8 Å². The van der Waals surface area contributed by atoms with Crippen LogP contribution < -0.4 is 10.5 Å². The summed E-state index contributed by atoms with van der Waals surface area (Å²) in [6.45, 7) is 3.01. The minimum Gasteiger partial charge on any atom is -0.508 e. The van der Waals surface area contributed by atoms with Gasteiger partial charge in [0, 0.05) is 28.6 Å². The van der Waals surface area contributed by atoms with Crippen molar-refractivity contribution in [3.05, 3.63) is 75.4 Å². The Labute approximate surface area is 145 Å². The third-order valence-electron chi connectivity index (χ3n) is 4.35. The van der Waals surface area contributed by atoms with Gasteiger partial charge in [-0.25, -0.2) is 9.18 Å². The standard InChI is InChI=1S/C20H20FNO3/c1-3-13-8-16-15(9-20(24)25-19(16)10-18(13)23)12-22(2)11-14-6-4-5-7-17(14)21/h4-10,23H,3,11-12H2,1-2H3/p+1. The fourth-order valence-electron chi connectivity index (χ4n) is 3.09. The molecule has 0 aliphatic rings. The minimum absolute atomic E-state index is 0.127. The van der Waals surface area contributed by atoms with Crippen LogP contribution in [-0.2, 0) is 19.5 Å². The predicted octanol–water partition coefficient (Wildman–Crippen LogP) is 2.42. The highest BCUT2D eigenvalue weighted by Gasteiger charge is 2.14. The maximum absolute atomic E-state index is 13.8. The number of hydrogen-bond donors (Lipinski definition) is 2. The molecule has 0 amide bonds. The predicted molar refractivity (Wildman–Crippen MR) is 94.2 cm³/mol. The number of phenols is 1. The van der Waals surface area contributed by atoms with Gasteiger partial charge in [-0.05, 0) is 24.1 Å². The van der Waals surface area contributed by atoms with E-state index in [-0.39, 0.29) is 11.6 Å². The first kappa shape index (κ1) is 17.2. The van der Waals surface area contributed by atoms with Gasteiger partial charge in [-0.2, -0.15) is 0 Å². The average molecular weight is 342 g/mol. The largest absolute Gasteiger partial charge is 0.508 e. The molecule has 4 nitrogen and oxygen atoms in total. The van der Waals surface area contributed by atoms with Gasteiger partial charge in [0.1, 0.15) is 30.2 Å². The van der Waals surface area contributed by atoms with Gasteiger partial charge in [-0.15, -0.1) is 0 Å². The lowest BCUT2D eigenvalue weighted by Crippen LogP contribution is -3.06. The number of nitrogens with one attached hydrogen (secondary N) is 1. The zero-order valence-electron chi connectivity index (χ0n) is 14.3. The van der Waals surface area contributed by atoms with Gasteiger partial charge < -0.3 is 14.4 Å². The van der Waals surface area contributed by atoms with E-state index in [1.165, 1.54) is 18.2 Å². The molecule has 1 atom stereocenters. The van der Waals surface area contributed by atoms with Crippen molar-refractivity contribution in [1.29, 1.82) is 0 Å². The Morgan fingerprint density at radius 1 is 1.08 bits per heavy atom. The normalized spacial score (nSPS) is 12.4. The van der Waals surface area contributed by atoms with E-state index in [1.807, 2.05) is 26.1 Å². The van der Waals surface area contributed by atoms with E-state index in [0.29, 0.717) is 30.7 Å². The molecule has 3 aromatic rings. The molecule has 0 spiro atoms. The van der Waals surface area contributed by atoms with E-state index in [1.54, 1.807) is 12.1 Å². The SMILES string of the molecule is CCc1cc2c(C[NH+](C)Cc3ccccc3F)cc(=O)oc2cc1O. The number of fused-ring (bicyclic) bond motifs is 1. The van der Waals surface area contributed by atoms with E-state index in [4.69, 9.17) is 4.42 Å². The lowest BCUT2D eigenvalue weighted by Gasteiger charge is -2.16. The number of halogens is 1. The lowest BCUT2D eigenvalue weighted by atomic mass is 10.0. The van der Waals surface area contributed by atoms with Crippen molar-refractivity contribution in [3.8, 4) is 5.75 Å². The number of quaternary nitrogens is 1. The van der Waals surface area contributed by atoms with Gasteiger partial charge in [0.2, 0.25) is 0 Å². The summed E-state index contributed by atoms with van der Waals surface area (Å²) in [5.41, 5.74) is 2.18. The van der Waals surface area contributed by atoms with Crippen molar-refractivity contribution in [1.82, 2.24) is 0 Å². The molecule has 25 heavy (non-hydrogen) atoms. The summed E-state index contributed by atoms with van der Waals surface area (Å²) in [7, 11) is 1.95. The molecule has 0 saturated carbocycles. The van der Waals surface area contributed by atoms with Crippen molar-refractivity contribution >= 4 is 11.0 Å². The van der Waals surface area contributed by atoms with Crippen LogP contribution in [0.5, 0.6) is 5.75 Å². The Kier molecular flexibility index (Phi) is 4.86. The zero-order valence-corrected chi connectivity index (χ0v) is 14.3.